The molecule has 0 spiro atoms. The Kier molecular flexibility index (Phi) is 5.84. The van der Waals surface area contributed by atoms with Crippen molar-refractivity contribution in [1.82, 2.24) is 19.8 Å². The Balaban J connectivity index is 1.63. The van der Waals surface area contributed by atoms with Crippen LogP contribution >= 0.6 is 0 Å². The van der Waals surface area contributed by atoms with Crippen molar-refractivity contribution >= 4 is 5.82 Å². The predicted molar refractivity (Wildman–Crippen MR) is 95.1 cm³/mol. The first-order chi connectivity index (χ1) is 11.3. The van der Waals surface area contributed by atoms with Gasteiger partial charge in [0.2, 0.25) is 0 Å². The molecule has 128 valence electrons. The van der Waals surface area contributed by atoms with Gasteiger partial charge in [-0.25, -0.2) is 9.97 Å². The monoisotopic (exact) mass is 317 g/mol. The van der Waals surface area contributed by atoms with Crippen LogP contribution in [0.25, 0.3) is 0 Å². The number of anilines is 1. The van der Waals surface area contributed by atoms with Crippen molar-refractivity contribution < 1.29 is 0 Å². The first kappa shape index (κ1) is 16.7. The van der Waals surface area contributed by atoms with Gasteiger partial charge >= 0.3 is 0 Å². The Morgan fingerprint density at radius 1 is 0.913 bits per heavy atom. The maximum Gasteiger partial charge on any atom is 0.135 e. The number of likely N-dealkylation sites (tertiary alicyclic amines) is 1. The summed E-state index contributed by atoms with van der Waals surface area (Å²) in [6.45, 7) is 13.7. The lowest BCUT2D eigenvalue weighted by atomic mass is 10.1. The molecular formula is C18H31N5. The summed E-state index contributed by atoms with van der Waals surface area (Å²) in [7, 11) is 0. The maximum absolute atomic E-state index is 4.60. The molecule has 23 heavy (non-hydrogen) atoms. The van der Waals surface area contributed by atoms with Crippen LogP contribution in [0.1, 0.15) is 37.9 Å². The van der Waals surface area contributed by atoms with Crippen molar-refractivity contribution in [2.75, 3.05) is 57.3 Å². The Labute approximate surface area is 140 Å². The van der Waals surface area contributed by atoms with Crippen LogP contribution in [0.2, 0.25) is 0 Å². The predicted octanol–water partition coefficient (Wildman–Crippen LogP) is 1.82. The Morgan fingerprint density at radius 3 is 2.26 bits per heavy atom. The molecule has 5 nitrogen and oxygen atoms in total. The minimum Gasteiger partial charge on any atom is -0.357 e. The summed E-state index contributed by atoms with van der Waals surface area (Å²) >= 11 is 0. The lowest BCUT2D eigenvalue weighted by Crippen LogP contribution is -2.35. The summed E-state index contributed by atoms with van der Waals surface area (Å²) in [4.78, 5) is 16.8. The fourth-order valence-corrected chi connectivity index (χ4v) is 3.86. The van der Waals surface area contributed by atoms with Crippen molar-refractivity contribution in [3.8, 4) is 0 Å². The summed E-state index contributed by atoms with van der Waals surface area (Å²) in [5.74, 6) is 1.17. The van der Waals surface area contributed by atoms with E-state index in [1.165, 1.54) is 56.1 Å². The lowest BCUT2D eigenvalue weighted by molar-refractivity contribution is 0.232. The van der Waals surface area contributed by atoms with Gasteiger partial charge in [-0.1, -0.05) is 0 Å². The smallest absolute Gasteiger partial charge is 0.135 e. The minimum atomic E-state index is 1.01. The van der Waals surface area contributed by atoms with Crippen molar-refractivity contribution in [2.24, 2.45) is 0 Å². The number of aromatic nitrogens is 2. The van der Waals surface area contributed by atoms with Gasteiger partial charge in [-0.15, -0.1) is 0 Å². The average Bonchev–Trinajstić information content (AvgIpc) is 3.01. The van der Waals surface area contributed by atoms with Crippen molar-refractivity contribution in [2.45, 2.75) is 39.5 Å². The van der Waals surface area contributed by atoms with Crippen LogP contribution in [0.5, 0.6) is 0 Å². The van der Waals surface area contributed by atoms with Crippen LogP contribution in [0.4, 0.5) is 5.82 Å². The Hall–Kier alpha value is -1.20. The van der Waals surface area contributed by atoms with Crippen LogP contribution in [0, 0.1) is 0 Å². The van der Waals surface area contributed by atoms with Crippen LogP contribution < -0.4 is 4.90 Å². The third kappa shape index (κ3) is 4.01. The zero-order valence-electron chi connectivity index (χ0n) is 14.8. The number of rotatable bonds is 6. The van der Waals surface area contributed by atoms with Gasteiger partial charge < -0.3 is 14.7 Å². The van der Waals surface area contributed by atoms with E-state index in [4.69, 9.17) is 0 Å². The fraction of sp³-hybridized carbons (Fsp3) is 0.778. The second kappa shape index (κ2) is 8.06. The first-order valence-corrected chi connectivity index (χ1v) is 9.34. The highest BCUT2D eigenvalue weighted by Gasteiger charge is 2.21. The summed E-state index contributed by atoms with van der Waals surface area (Å²) in [5.41, 5.74) is 2.66. The molecule has 0 bridgehead atoms. The second-order valence-corrected chi connectivity index (χ2v) is 6.69. The van der Waals surface area contributed by atoms with Gasteiger partial charge in [-0.2, -0.15) is 0 Å². The SMILES string of the molecule is CCN(CC)c1ncnc2c1CCN(CCN1CCCC1)CC2. The molecule has 2 aliphatic heterocycles. The molecular weight excluding hydrogens is 286 g/mol. The summed E-state index contributed by atoms with van der Waals surface area (Å²) in [5, 5.41) is 0. The van der Waals surface area contributed by atoms with E-state index in [-0.39, 0.29) is 0 Å². The van der Waals surface area contributed by atoms with Gasteiger partial charge in [0.1, 0.15) is 12.1 Å². The van der Waals surface area contributed by atoms with E-state index in [0.717, 1.165) is 39.0 Å². The summed E-state index contributed by atoms with van der Waals surface area (Å²) in [6, 6.07) is 0. The summed E-state index contributed by atoms with van der Waals surface area (Å²) < 4.78 is 0. The third-order valence-electron chi connectivity index (χ3n) is 5.35. The van der Waals surface area contributed by atoms with Gasteiger partial charge in [-0.05, 0) is 46.2 Å². The molecule has 0 aliphatic carbocycles. The normalized spacial score (nSPS) is 19.6. The highest BCUT2D eigenvalue weighted by atomic mass is 15.2. The highest BCUT2D eigenvalue weighted by Crippen LogP contribution is 2.23. The Bertz CT molecular complexity index is 494. The molecule has 1 saturated heterocycles. The zero-order valence-corrected chi connectivity index (χ0v) is 14.8. The second-order valence-electron chi connectivity index (χ2n) is 6.69. The maximum atomic E-state index is 4.60. The van der Waals surface area contributed by atoms with E-state index in [2.05, 4.69) is 38.5 Å². The van der Waals surface area contributed by atoms with Crippen LogP contribution in [-0.4, -0.2) is 72.1 Å². The first-order valence-electron chi connectivity index (χ1n) is 9.34. The summed E-state index contributed by atoms with van der Waals surface area (Å²) in [6.07, 6.45) is 6.67. The van der Waals surface area contributed by atoms with E-state index >= 15 is 0 Å². The largest absolute Gasteiger partial charge is 0.357 e. The standard InChI is InChI=1S/C18H31N5/c1-3-23(4-2)18-16-7-11-22(12-8-17(16)19-15-20-18)14-13-21-9-5-6-10-21/h15H,3-14H2,1-2H3. The lowest BCUT2D eigenvalue weighted by Gasteiger charge is -2.24. The van der Waals surface area contributed by atoms with E-state index in [0.29, 0.717) is 0 Å². The fourth-order valence-electron chi connectivity index (χ4n) is 3.86. The molecule has 1 aromatic heterocycles. The molecule has 0 atom stereocenters. The van der Waals surface area contributed by atoms with Gasteiger partial charge in [0.25, 0.3) is 0 Å². The third-order valence-corrected chi connectivity index (χ3v) is 5.35. The minimum absolute atomic E-state index is 1.01. The molecule has 2 aliphatic rings. The van der Waals surface area contributed by atoms with Crippen molar-refractivity contribution in [3.05, 3.63) is 17.6 Å². The molecule has 0 radical (unpaired) electrons. The van der Waals surface area contributed by atoms with Crippen molar-refractivity contribution in [1.29, 1.82) is 0 Å². The molecule has 0 saturated carbocycles. The molecule has 5 heteroatoms. The van der Waals surface area contributed by atoms with E-state index in [1.807, 2.05) is 0 Å². The average molecular weight is 317 g/mol. The number of fused-ring (bicyclic) bond motifs is 1. The Morgan fingerprint density at radius 2 is 1.57 bits per heavy atom. The molecule has 3 heterocycles. The van der Waals surface area contributed by atoms with Crippen LogP contribution in [0.3, 0.4) is 0 Å². The van der Waals surface area contributed by atoms with E-state index in [1.54, 1.807) is 6.33 Å². The molecule has 1 fully saturated rings. The number of hydrogen-bond acceptors (Lipinski definition) is 5. The number of nitrogens with zero attached hydrogens (tertiary/aromatic N) is 5. The molecule has 0 amide bonds. The topological polar surface area (TPSA) is 35.5 Å². The quantitative estimate of drug-likeness (QED) is 0.800. The van der Waals surface area contributed by atoms with Gasteiger partial charge in [0.15, 0.2) is 0 Å². The van der Waals surface area contributed by atoms with Crippen LogP contribution in [-0.2, 0) is 12.8 Å². The molecule has 1 aromatic rings. The van der Waals surface area contributed by atoms with Crippen LogP contribution in [0.15, 0.2) is 6.33 Å². The van der Waals surface area contributed by atoms with Gasteiger partial charge in [-0.3, -0.25) is 0 Å². The van der Waals surface area contributed by atoms with Gasteiger partial charge in [0, 0.05) is 51.3 Å². The van der Waals surface area contributed by atoms with E-state index < -0.39 is 0 Å². The van der Waals surface area contributed by atoms with Crippen molar-refractivity contribution in [3.63, 3.8) is 0 Å². The zero-order chi connectivity index (χ0) is 16.1. The van der Waals surface area contributed by atoms with E-state index in [9.17, 15) is 0 Å². The van der Waals surface area contributed by atoms with Gasteiger partial charge in [0.05, 0.1) is 5.69 Å². The molecule has 0 aromatic carbocycles. The molecule has 0 unspecified atom stereocenters. The molecule has 0 N–H and O–H groups in total. The highest BCUT2D eigenvalue weighted by molar-refractivity contribution is 5.49. The molecule has 3 rings (SSSR count). The number of hydrogen-bond donors (Lipinski definition) is 0.